The van der Waals surface area contributed by atoms with Gasteiger partial charge in [-0.1, -0.05) is 5.16 Å². The minimum absolute atomic E-state index is 0.102. The van der Waals surface area contributed by atoms with E-state index in [2.05, 4.69) is 20.8 Å². The lowest BCUT2D eigenvalue weighted by atomic mass is 10.0. The first-order chi connectivity index (χ1) is 18.7. The van der Waals surface area contributed by atoms with E-state index in [-0.39, 0.29) is 35.4 Å². The van der Waals surface area contributed by atoms with Crippen LogP contribution in [0.4, 0.5) is 5.13 Å². The van der Waals surface area contributed by atoms with Gasteiger partial charge < -0.3 is 29.7 Å². The van der Waals surface area contributed by atoms with Crippen LogP contribution in [-0.4, -0.2) is 94.6 Å². The number of thiazole rings is 1. The van der Waals surface area contributed by atoms with Crippen LogP contribution in [0.3, 0.4) is 0 Å². The summed E-state index contributed by atoms with van der Waals surface area (Å²) < 4.78 is 17.4. The molecular weight excluding hydrogens is 562 g/mol. The first-order valence-electron chi connectivity index (χ1n) is 12.5. The van der Waals surface area contributed by atoms with Crippen molar-refractivity contribution in [2.24, 2.45) is 5.16 Å². The van der Waals surface area contributed by atoms with Gasteiger partial charge in [0.2, 0.25) is 6.41 Å². The van der Waals surface area contributed by atoms with Gasteiger partial charge in [-0.05, 0) is 47.6 Å². The van der Waals surface area contributed by atoms with Crippen molar-refractivity contribution in [2.75, 3.05) is 31.4 Å². The fourth-order valence-electron chi connectivity index (χ4n) is 3.55. The molecule has 15 heteroatoms. The number of thioether (sulfide) groups is 1. The molecule has 40 heavy (non-hydrogen) atoms. The van der Waals surface area contributed by atoms with Crippen LogP contribution < -0.4 is 10.6 Å². The highest BCUT2D eigenvalue weighted by molar-refractivity contribution is 8.00. The number of anilines is 1. The average Bonchev–Trinajstić information content (AvgIpc) is 3.33. The Labute approximate surface area is 241 Å². The first kappa shape index (κ1) is 31.5. The molecular formula is C25H35N5O8S2. The first-order valence-corrected chi connectivity index (χ1v) is 14.4. The number of fused-ring (bicyclic) bond motifs is 1. The Kier molecular flexibility index (Phi) is 10.3. The van der Waals surface area contributed by atoms with Gasteiger partial charge in [-0.2, -0.15) is 0 Å². The number of aromatic nitrogens is 1. The molecule has 13 nitrogen and oxygen atoms in total. The molecule has 3 heterocycles. The minimum Gasteiger partial charge on any atom is -0.453 e. The number of esters is 1. The van der Waals surface area contributed by atoms with E-state index < -0.39 is 46.5 Å². The summed E-state index contributed by atoms with van der Waals surface area (Å²) >= 11 is 2.48. The second-order valence-electron chi connectivity index (χ2n) is 10.8. The van der Waals surface area contributed by atoms with Crippen LogP contribution >= 0.6 is 23.1 Å². The third-order valence-electron chi connectivity index (χ3n) is 5.35. The van der Waals surface area contributed by atoms with Gasteiger partial charge in [0.25, 0.3) is 11.8 Å². The van der Waals surface area contributed by atoms with Crippen molar-refractivity contribution in [1.82, 2.24) is 15.2 Å². The van der Waals surface area contributed by atoms with Crippen molar-refractivity contribution in [3.63, 3.8) is 0 Å². The number of carbonyl (C=O) groups is 4. The number of hydrogen-bond acceptors (Lipinski definition) is 12. The molecule has 1 unspecified atom stereocenters. The summed E-state index contributed by atoms with van der Waals surface area (Å²) in [5, 5.41) is 10.1. The molecule has 1 aromatic heterocycles. The lowest BCUT2D eigenvalue weighted by Gasteiger charge is -2.48. The zero-order valence-corrected chi connectivity index (χ0v) is 25.1. The van der Waals surface area contributed by atoms with E-state index in [1.54, 1.807) is 6.08 Å². The van der Waals surface area contributed by atoms with Crippen molar-refractivity contribution >= 4 is 58.1 Å². The van der Waals surface area contributed by atoms with Crippen LogP contribution in [0.1, 0.15) is 47.2 Å². The van der Waals surface area contributed by atoms with Crippen molar-refractivity contribution in [1.29, 1.82) is 0 Å². The van der Waals surface area contributed by atoms with Gasteiger partial charge >= 0.3 is 5.97 Å². The largest absolute Gasteiger partial charge is 0.453 e. The van der Waals surface area contributed by atoms with Crippen LogP contribution in [0.25, 0.3) is 0 Å². The Morgan fingerprint density at radius 1 is 1.20 bits per heavy atom. The molecule has 0 aromatic carbocycles. The molecule has 0 radical (unpaired) electrons. The van der Waals surface area contributed by atoms with Crippen LogP contribution in [0.5, 0.6) is 0 Å². The second kappa shape index (κ2) is 13.1. The lowest BCUT2D eigenvalue weighted by molar-refractivity contribution is -0.165. The summed E-state index contributed by atoms with van der Waals surface area (Å²) in [5.41, 5.74) is -0.801. The minimum atomic E-state index is -0.911. The highest BCUT2D eigenvalue weighted by Gasteiger charge is 2.53. The number of carbonyl (C=O) groups excluding carboxylic acids is 4. The third kappa shape index (κ3) is 8.25. The molecule has 2 atom stereocenters. The number of hydrogen-bond donors (Lipinski definition) is 2. The van der Waals surface area contributed by atoms with Gasteiger partial charge in [0.15, 0.2) is 10.8 Å². The second-order valence-corrected chi connectivity index (χ2v) is 12.8. The molecule has 1 aromatic rings. The molecule has 2 N–H and O–H groups in total. The maximum atomic E-state index is 13.2. The highest BCUT2D eigenvalue weighted by atomic mass is 32.2. The Balaban J connectivity index is 1.68. The number of nitrogens with zero attached hydrogens (tertiary/aromatic N) is 3. The average molecular weight is 598 g/mol. The van der Waals surface area contributed by atoms with E-state index >= 15 is 0 Å². The summed E-state index contributed by atoms with van der Waals surface area (Å²) in [7, 11) is 1.27. The van der Waals surface area contributed by atoms with Gasteiger partial charge in [-0.25, -0.2) is 9.78 Å². The molecule has 0 saturated carbocycles. The summed E-state index contributed by atoms with van der Waals surface area (Å²) in [6.07, 6.45) is 1.39. The number of amides is 3. The maximum absolute atomic E-state index is 13.2. The zero-order chi connectivity index (χ0) is 29.7. The standard InChI is InChI=1S/C25H35N5O8S2/c1-24(2,3)36-10-14(11-37-25(4,5)6)38-22(34)16-8-9-39-21-18(20(33)30(16)21)28-19(32)17(29-35-7)15-12-40-23(27-15)26-13-31/h8,12-14,18,21H,9-11H2,1-7H3,(H,28,32)(H,26,27,31)/b29-17-/t18?,21-/m1/s1. The topological polar surface area (TPSA) is 158 Å². The smallest absolute Gasteiger partial charge is 0.355 e. The molecule has 1 fully saturated rings. The van der Waals surface area contributed by atoms with Gasteiger partial charge in [-0.15, -0.1) is 23.1 Å². The molecule has 0 spiro atoms. The fourth-order valence-corrected chi connectivity index (χ4v) is 5.40. The van der Waals surface area contributed by atoms with Gasteiger partial charge in [-0.3, -0.25) is 19.3 Å². The number of ether oxygens (including phenoxy) is 3. The summed E-state index contributed by atoms with van der Waals surface area (Å²) in [6.45, 7) is 11.6. The SMILES string of the molecule is CO/N=C(\C(=O)NC1C(=O)N2C(C(=O)OC(COC(C)(C)C)COC(C)(C)C)=CCS[C@H]12)c1csc(NC=O)n1. The number of nitrogens with one attached hydrogen (secondary N) is 2. The Bertz CT molecular complexity index is 1150. The Hall–Kier alpha value is -3.01. The molecule has 3 rings (SSSR count). The predicted molar refractivity (Wildman–Crippen MR) is 150 cm³/mol. The normalized spacial score (nSPS) is 19.4. The number of β-lactam (4-membered cyclic amide) rings is 1. The van der Waals surface area contributed by atoms with Crippen LogP contribution in [0, 0.1) is 0 Å². The van der Waals surface area contributed by atoms with E-state index in [9.17, 15) is 19.2 Å². The molecule has 3 amide bonds. The van der Waals surface area contributed by atoms with E-state index in [4.69, 9.17) is 19.0 Å². The monoisotopic (exact) mass is 597 g/mol. The lowest BCUT2D eigenvalue weighted by Crippen LogP contribution is -2.70. The van der Waals surface area contributed by atoms with Gasteiger partial charge in [0.1, 0.15) is 36.0 Å². The van der Waals surface area contributed by atoms with Gasteiger partial charge in [0, 0.05) is 11.1 Å². The Morgan fingerprint density at radius 2 is 1.85 bits per heavy atom. The summed E-state index contributed by atoms with van der Waals surface area (Å²) in [5.74, 6) is -1.41. The fraction of sp³-hybridized carbons (Fsp3) is 0.600. The van der Waals surface area contributed by atoms with Crippen molar-refractivity contribution in [2.45, 2.75) is 70.3 Å². The van der Waals surface area contributed by atoms with Gasteiger partial charge in [0.05, 0.1) is 24.4 Å². The molecule has 0 bridgehead atoms. The van der Waals surface area contributed by atoms with Crippen LogP contribution in [0.2, 0.25) is 0 Å². The van der Waals surface area contributed by atoms with Crippen molar-refractivity contribution in [3.05, 3.63) is 22.8 Å². The highest BCUT2D eigenvalue weighted by Crippen LogP contribution is 2.38. The van der Waals surface area contributed by atoms with E-state index in [1.165, 1.54) is 29.2 Å². The van der Waals surface area contributed by atoms with Crippen LogP contribution in [-0.2, 0) is 38.2 Å². The molecule has 1 saturated heterocycles. The number of rotatable bonds is 12. The molecule has 220 valence electrons. The number of oxime groups is 1. The zero-order valence-electron chi connectivity index (χ0n) is 23.5. The van der Waals surface area contributed by atoms with E-state index in [1.807, 2.05) is 41.5 Å². The van der Waals surface area contributed by atoms with E-state index in [0.29, 0.717) is 12.2 Å². The van der Waals surface area contributed by atoms with Crippen LogP contribution in [0.15, 0.2) is 22.3 Å². The predicted octanol–water partition coefficient (Wildman–Crippen LogP) is 1.89. The molecule has 0 aliphatic carbocycles. The van der Waals surface area contributed by atoms with Crippen molar-refractivity contribution in [3.8, 4) is 0 Å². The Morgan fingerprint density at radius 3 is 2.42 bits per heavy atom. The molecule has 2 aliphatic rings. The summed E-state index contributed by atoms with van der Waals surface area (Å²) in [6, 6.07) is -0.911. The molecule has 2 aliphatic heterocycles. The summed E-state index contributed by atoms with van der Waals surface area (Å²) in [4.78, 5) is 60.3. The maximum Gasteiger partial charge on any atom is 0.355 e. The van der Waals surface area contributed by atoms with E-state index in [0.717, 1.165) is 11.3 Å². The third-order valence-corrected chi connectivity index (χ3v) is 7.30. The van der Waals surface area contributed by atoms with Crippen molar-refractivity contribution < 1.29 is 38.2 Å². The quantitative estimate of drug-likeness (QED) is 0.120.